The first-order chi connectivity index (χ1) is 8.71. The van der Waals surface area contributed by atoms with Crippen LogP contribution >= 0.6 is 0 Å². The van der Waals surface area contributed by atoms with E-state index in [1.54, 1.807) is 7.11 Å². The van der Waals surface area contributed by atoms with Crippen LogP contribution in [0.25, 0.3) is 0 Å². The molecule has 4 heteroatoms. The Labute approximate surface area is 109 Å². The molecule has 0 bridgehead atoms. The van der Waals surface area contributed by atoms with Gasteiger partial charge in [0.25, 0.3) is 0 Å². The SMILES string of the molecule is CCN(CC)C(N)=NCc1cccc(COC)c1. The quantitative estimate of drug-likeness (QED) is 0.619. The van der Waals surface area contributed by atoms with Crippen LogP contribution in [0.5, 0.6) is 0 Å². The molecule has 0 unspecified atom stereocenters. The summed E-state index contributed by atoms with van der Waals surface area (Å²) >= 11 is 0. The predicted molar refractivity (Wildman–Crippen MR) is 75.4 cm³/mol. The van der Waals surface area contributed by atoms with Crippen molar-refractivity contribution in [3.8, 4) is 0 Å². The third kappa shape index (κ3) is 4.37. The van der Waals surface area contributed by atoms with Crippen molar-refractivity contribution in [2.24, 2.45) is 10.7 Å². The van der Waals surface area contributed by atoms with Crippen molar-refractivity contribution in [3.05, 3.63) is 35.4 Å². The molecule has 100 valence electrons. The molecule has 0 aliphatic rings. The van der Waals surface area contributed by atoms with Gasteiger partial charge in [-0.3, -0.25) is 0 Å². The Balaban J connectivity index is 2.67. The molecule has 0 saturated heterocycles. The Hall–Kier alpha value is -1.55. The van der Waals surface area contributed by atoms with E-state index in [-0.39, 0.29) is 0 Å². The van der Waals surface area contributed by atoms with Crippen LogP contribution < -0.4 is 5.73 Å². The van der Waals surface area contributed by atoms with Crippen LogP contribution in [0.3, 0.4) is 0 Å². The average Bonchev–Trinajstić information content (AvgIpc) is 2.39. The summed E-state index contributed by atoms with van der Waals surface area (Å²) in [6, 6.07) is 8.22. The second-order valence-corrected chi connectivity index (χ2v) is 4.10. The summed E-state index contributed by atoms with van der Waals surface area (Å²) in [5, 5.41) is 0. The molecule has 0 aliphatic heterocycles. The normalized spacial score (nSPS) is 11.6. The van der Waals surface area contributed by atoms with Crippen molar-refractivity contribution in [2.75, 3.05) is 20.2 Å². The number of hydrogen-bond acceptors (Lipinski definition) is 2. The molecular formula is C14H23N3O. The van der Waals surface area contributed by atoms with Crippen molar-refractivity contribution in [3.63, 3.8) is 0 Å². The van der Waals surface area contributed by atoms with Crippen LogP contribution in [0.4, 0.5) is 0 Å². The molecule has 0 heterocycles. The standard InChI is InChI=1S/C14H23N3O/c1-4-17(5-2)14(15)16-10-12-7-6-8-13(9-12)11-18-3/h6-9H,4-5,10-11H2,1-3H3,(H2,15,16). The van der Waals surface area contributed by atoms with Gasteiger partial charge in [0, 0.05) is 20.2 Å². The van der Waals surface area contributed by atoms with Crippen molar-refractivity contribution < 1.29 is 4.74 Å². The highest BCUT2D eigenvalue weighted by atomic mass is 16.5. The Morgan fingerprint density at radius 3 is 2.56 bits per heavy atom. The summed E-state index contributed by atoms with van der Waals surface area (Å²) < 4.78 is 5.11. The number of hydrogen-bond donors (Lipinski definition) is 1. The van der Waals surface area contributed by atoms with Gasteiger partial charge in [-0.1, -0.05) is 24.3 Å². The van der Waals surface area contributed by atoms with Crippen molar-refractivity contribution in [2.45, 2.75) is 27.0 Å². The van der Waals surface area contributed by atoms with Crippen LogP contribution in [0.2, 0.25) is 0 Å². The minimum Gasteiger partial charge on any atom is -0.380 e. The first-order valence-electron chi connectivity index (χ1n) is 6.32. The number of rotatable bonds is 6. The lowest BCUT2D eigenvalue weighted by Gasteiger charge is -2.19. The second kappa shape index (κ2) is 7.71. The number of guanidine groups is 1. The molecule has 0 spiro atoms. The van der Waals surface area contributed by atoms with Crippen molar-refractivity contribution >= 4 is 5.96 Å². The highest BCUT2D eigenvalue weighted by Crippen LogP contribution is 2.07. The topological polar surface area (TPSA) is 50.8 Å². The summed E-state index contributed by atoms with van der Waals surface area (Å²) in [5.41, 5.74) is 8.25. The number of methoxy groups -OCH3 is 1. The fraction of sp³-hybridized carbons (Fsp3) is 0.500. The molecule has 0 fully saturated rings. The van der Waals surface area contributed by atoms with Gasteiger partial charge in [-0.2, -0.15) is 0 Å². The minimum atomic E-state index is 0.608. The Bertz CT molecular complexity index is 386. The smallest absolute Gasteiger partial charge is 0.191 e. The van der Waals surface area contributed by atoms with E-state index < -0.39 is 0 Å². The number of nitrogens with two attached hydrogens (primary N) is 1. The Morgan fingerprint density at radius 2 is 1.94 bits per heavy atom. The lowest BCUT2D eigenvalue weighted by atomic mass is 10.1. The van der Waals surface area contributed by atoms with Gasteiger partial charge in [-0.25, -0.2) is 4.99 Å². The maximum Gasteiger partial charge on any atom is 0.191 e. The number of aliphatic imine (C=N–C) groups is 1. The van der Waals surface area contributed by atoms with Crippen LogP contribution in [0, 0.1) is 0 Å². The minimum absolute atomic E-state index is 0.608. The van der Waals surface area contributed by atoms with E-state index in [2.05, 4.69) is 31.0 Å². The van der Waals surface area contributed by atoms with E-state index in [9.17, 15) is 0 Å². The third-order valence-electron chi connectivity index (χ3n) is 2.81. The number of nitrogens with zero attached hydrogens (tertiary/aromatic N) is 2. The van der Waals surface area contributed by atoms with Gasteiger partial charge in [0.15, 0.2) is 5.96 Å². The van der Waals surface area contributed by atoms with Gasteiger partial charge in [0.2, 0.25) is 0 Å². The zero-order valence-corrected chi connectivity index (χ0v) is 11.5. The van der Waals surface area contributed by atoms with E-state index in [0.29, 0.717) is 19.1 Å². The summed E-state index contributed by atoms with van der Waals surface area (Å²) in [5.74, 6) is 0.608. The van der Waals surface area contributed by atoms with Crippen LogP contribution in [-0.4, -0.2) is 31.1 Å². The molecule has 0 radical (unpaired) electrons. The predicted octanol–water partition coefficient (Wildman–Crippen LogP) is 1.99. The Morgan fingerprint density at radius 1 is 1.28 bits per heavy atom. The monoisotopic (exact) mass is 249 g/mol. The third-order valence-corrected chi connectivity index (χ3v) is 2.81. The summed E-state index contributed by atoms with van der Waals surface area (Å²) in [6.45, 7) is 7.16. The summed E-state index contributed by atoms with van der Waals surface area (Å²) in [7, 11) is 1.70. The number of ether oxygens (including phenoxy) is 1. The zero-order chi connectivity index (χ0) is 13.4. The fourth-order valence-corrected chi connectivity index (χ4v) is 1.80. The molecule has 1 aromatic carbocycles. The molecule has 0 amide bonds. The molecule has 2 N–H and O–H groups in total. The average molecular weight is 249 g/mol. The molecule has 1 aromatic rings. The molecule has 0 atom stereocenters. The van der Waals surface area contributed by atoms with Crippen LogP contribution in [0.1, 0.15) is 25.0 Å². The molecular weight excluding hydrogens is 226 g/mol. The highest BCUT2D eigenvalue weighted by Gasteiger charge is 2.02. The number of benzene rings is 1. The van der Waals surface area contributed by atoms with Gasteiger partial charge in [0.05, 0.1) is 13.2 Å². The van der Waals surface area contributed by atoms with Gasteiger partial charge in [-0.05, 0) is 25.0 Å². The van der Waals surface area contributed by atoms with E-state index in [4.69, 9.17) is 10.5 Å². The van der Waals surface area contributed by atoms with E-state index in [1.165, 1.54) is 0 Å². The van der Waals surface area contributed by atoms with E-state index in [1.807, 2.05) is 17.0 Å². The Kier molecular flexibility index (Phi) is 6.22. The van der Waals surface area contributed by atoms with Crippen molar-refractivity contribution in [1.29, 1.82) is 0 Å². The first kappa shape index (κ1) is 14.5. The van der Waals surface area contributed by atoms with Gasteiger partial charge >= 0.3 is 0 Å². The summed E-state index contributed by atoms with van der Waals surface area (Å²) in [6.07, 6.45) is 0. The molecule has 1 rings (SSSR count). The molecule has 18 heavy (non-hydrogen) atoms. The van der Waals surface area contributed by atoms with Gasteiger partial charge in [0.1, 0.15) is 0 Å². The fourth-order valence-electron chi connectivity index (χ4n) is 1.80. The first-order valence-corrected chi connectivity index (χ1v) is 6.32. The lowest BCUT2D eigenvalue weighted by Crippen LogP contribution is -2.37. The summed E-state index contributed by atoms with van der Waals surface area (Å²) in [4.78, 5) is 6.46. The zero-order valence-electron chi connectivity index (χ0n) is 11.5. The van der Waals surface area contributed by atoms with Crippen molar-refractivity contribution in [1.82, 2.24) is 4.90 Å². The van der Waals surface area contributed by atoms with Gasteiger partial charge in [-0.15, -0.1) is 0 Å². The molecule has 0 aromatic heterocycles. The van der Waals surface area contributed by atoms with Crippen LogP contribution in [-0.2, 0) is 17.9 Å². The van der Waals surface area contributed by atoms with Gasteiger partial charge < -0.3 is 15.4 Å². The largest absolute Gasteiger partial charge is 0.380 e. The molecule has 0 saturated carbocycles. The second-order valence-electron chi connectivity index (χ2n) is 4.10. The van der Waals surface area contributed by atoms with Crippen LogP contribution in [0.15, 0.2) is 29.3 Å². The maximum atomic E-state index is 5.93. The maximum absolute atomic E-state index is 5.93. The molecule has 4 nitrogen and oxygen atoms in total. The van der Waals surface area contributed by atoms with E-state index >= 15 is 0 Å². The lowest BCUT2D eigenvalue weighted by molar-refractivity contribution is 0.185. The highest BCUT2D eigenvalue weighted by molar-refractivity contribution is 5.77. The van der Waals surface area contributed by atoms with E-state index in [0.717, 1.165) is 24.2 Å². The molecule has 0 aliphatic carbocycles.